The van der Waals surface area contributed by atoms with Crippen molar-refractivity contribution in [1.29, 1.82) is 0 Å². The monoisotopic (exact) mass is 529 g/mol. The minimum atomic E-state index is -4.76. The summed E-state index contributed by atoms with van der Waals surface area (Å²) >= 11 is 5.94. The molecular weight excluding hydrogens is 503 g/mol. The number of imidazole rings is 1. The van der Waals surface area contributed by atoms with Gasteiger partial charge in [-0.05, 0) is 48.6 Å². The highest BCUT2D eigenvalue weighted by atomic mass is 35.5. The van der Waals surface area contributed by atoms with Crippen LogP contribution in [0.15, 0.2) is 33.9 Å². The number of unbranched alkanes of at least 4 members (excludes halogenated alkanes) is 3. The van der Waals surface area contributed by atoms with E-state index in [4.69, 9.17) is 11.6 Å². The standard InChI is InChI=1S/C23H27ClF3N5O4/c1-2-3-5-12-31-19-18(29-21(24)30-19)20(34)32(22(31)35)13-6-4-7-17(33)28-14-15-8-10-16(11-9-15)36-23(25,26)27/h8-11H,2-7,12-14H2,1H3,(H,28,33)(H,29,30). The third-order valence-electron chi connectivity index (χ3n) is 5.50. The van der Waals surface area contributed by atoms with Crippen molar-refractivity contribution >= 4 is 28.7 Å². The number of aromatic amines is 1. The largest absolute Gasteiger partial charge is 0.573 e. The van der Waals surface area contributed by atoms with Crippen LogP contribution in [0.25, 0.3) is 11.2 Å². The van der Waals surface area contributed by atoms with Gasteiger partial charge in [-0.25, -0.2) is 4.79 Å². The molecule has 2 heterocycles. The van der Waals surface area contributed by atoms with E-state index in [9.17, 15) is 27.6 Å². The van der Waals surface area contributed by atoms with Crippen LogP contribution in [0.3, 0.4) is 0 Å². The number of hydrogen-bond acceptors (Lipinski definition) is 5. The van der Waals surface area contributed by atoms with Crippen molar-refractivity contribution in [1.82, 2.24) is 24.4 Å². The van der Waals surface area contributed by atoms with Gasteiger partial charge in [-0.15, -0.1) is 13.2 Å². The van der Waals surface area contributed by atoms with Gasteiger partial charge in [-0.2, -0.15) is 4.98 Å². The molecule has 196 valence electrons. The lowest BCUT2D eigenvalue weighted by atomic mass is 10.2. The molecule has 13 heteroatoms. The molecule has 0 aliphatic heterocycles. The van der Waals surface area contributed by atoms with Gasteiger partial charge >= 0.3 is 12.1 Å². The van der Waals surface area contributed by atoms with Crippen molar-refractivity contribution < 1.29 is 22.7 Å². The molecule has 1 amide bonds. The number of amides is 1. The van der Waals surface area contributed by atoms with Crippen LogP contribution in [0.4, 0.5) is 13.2 Å². The maximum atomic E-state index is 13.0. The molecule has 0 saturated heterocycles. The second-order valence-corrected chi connectivity index (χ2v) is 8.61. The fraction of sp³-hybridized carbons (Fsp3) is 0.478. The van der Waals surface area contributed by atoms with Crippen LogP contribution < -0.4 is 21.3 Å². The Morgan fingerprint density at radius 2 is 1.75 bits per heavy atom. The fourth-order valence-electron chi connectivity index (χ4n) is 3.71. The third-order valence-corrected chi connectivity index (χ3v) is 5.68. The molecule has 0 aliphatic carbocycles. The van der Waals surface area contributed by atoms with Crippen molar-refractivity contribution in [3.8, 4) is 5.75 Å². The van der Waals surface area contributed by atoms with Crippen molar-refractivity contribution in [3.05, 3.63) is 56.0 Å². The summed E-state index contributed by atoms with van der Waals surface area (Å²) in [5.41, 5.74) is 0.0394. The van der Waals surface area contributed by atoms with E-state index in [-0.39, 0.29) is 47.6 Å². The Kier molecular flexibility index (Phi) is 9.19. The summed E-state index contributed by atoms with van der Waals surface area (Å²) in [6.45, 7) is 2.73. The number of rotatable bonds is 12. The van der Waals surface area contributed by atoms with Gasteiger partial charge in [0.25, 0.3) is 5.56 Å². The zero-order valence-electron chi connectivity index (χ0n) is 19.7. The summed E-state index contributed by atoms with van der Waals surface area (Å²) in [4.78, 5) is 44.7. The number of H-pyrrole nitrogens is 1. The number of fused-ring (bicyclic) bond motifs is 1. The number of benzene rings is 1. The smallest absolute Gasteiger partial charge is 0.406 e. The average Bonchev–Trinajstić information content (AvgIpc) is 3.21. The molecule has 3 rings (SSSR count). The molecule has 0 atom stereocenters. The van der Waals surface area contributed by atoms with E-state index in [0.29, 0.717) is 24.9 Å². The molecular formula is C23H27ClF3N5O4. The number of carbonyl (C=O) groups is 1. The minimum Gasteiger partial charge on any atom is -0.406 e. The predicted molar refractivity (Wildman–Crippen MR) is 128 cm³/mol. The molecule has 0 saturated carbocycles. The van der Waals surface area contributed by atoms with Gasteiger partial charge in [0.05, 0.1) is 0 Å². The van der Waals surface area contributed by atoms with Gasteiger partial charge in [-0.3, -0.25) is 18.7 Å². The molecule has 1 aromatic carbocycles. The van der Waals surface area contributed by atoms with Crippen molar-refractivity contribution in [2.75, 3.05) is 0 Å². The van der Waals surface area contributed by atoms with E-state index < -0.39 is 17.6 Å². The van der Waals surface area contributed by atoms with E-state index in [1.165, 1.54) is 28.8 Å². The fourth-order valence-corrected chi connectivity index (χ4v) is 3.89. The first-order valence-corrected chi connectivity index (χ1v) is 12.0. The summed E-state index contributed by atoms with van der Waals surface area (Å²) in [5.74, 6) is -0.599. The number of carbonyl (C=O) groups excluding carboxylic acids is 1. The second kappa shape index (κ2) is 12.1. The van der Waals surface area contributed by atoms with E-state index in [1.54, 1.807) is 0 Å². The lowest BCUT2D eigenvalue weighted by molar-refractivity contribution is -0.274. The Balaban J connectivity index is 1.53. The molecule has 3 aromatic rings. The molecule has 0 fully saturated rings. The molecule has 2 N–H and O–H groups in total. The Labute approximate surface area is 209 Å². The van der Waals surface area contributed by atoms with E-state index in [2.05, 4.69) is 20.0 Å². The van der Waals surface area contributed by atoms with Gasteiger partial charge in [0.15, 0.2) is 11.2 Å². The number of halogens is 4. The van der Waals surface area contributed by atoms with Crippen LogP contribution in [-0.2, 0) is 24.4 Å². The first-order chi connectivity index (χ1) is 17.1. The minimum absolute atomic E-state index is 0.0303. The topological polar surface area (TPSA) is 111 Å². The molecule has 2 aromatic heterocycles. The van der Waals surface area contributed by atoms with Crippen LogP contribution in [-0.4, -0.2) is 31.4 Å². The lowest BCUT2D eigenvalue weighted by Gasteiger charge is -2.11. The number of nitrogens with one attached hydrogen (secondary N) is 2. The Hall–Kier alpha value is -3.28. The Morgan fingerprint density at radius 3 is 2.42 bits per heavy atom. The molecule has 0 unspecified atom stereocenters. The normalized spacial score (nSPS) is 11.7. The molecule has 36 heavy (non-hydrogen) atoms. The highest BCUT2D eigenvalue weighted by molar-refractivity contribution is 6.28. The quantitative estimate of drug-likeness (QED) is 0.271. The van der Waals surface area contributed by atoms with Gasteiger partial charge in [-0.1, -0.05) is 31.9 Å². The number of aromatic nitrogens is 4. The second-order valence-electron chi connectivity index (χ2n) is 8.25. The van der Waals surface area contributed by atoms with Gasteiger partial charge in [0.1, 0.15) is 5.75 Å². The first-order valence-electron chi connectivity index (χ1n) is 11.6. The predicted octanol–water partition coefficient (Wildman–Crippen LogP) is 4.12. The van der Waals surface area contributed by atoms with E-state index in [0.717, 1.165) is 23.8 Å². The summed E-state index contributed by atoms with van der Waals surface area (Å²) in [6.07, 6.45) is -1.12. The molecule has 0 aliphatic rings. The van der Waals surface area contributed by atoms with Gasteiger partial charge in [0.2, 0.25) is 11.2 Å². The first kappa shape index (κ1) is 27.3. The van der Waals surface area contributed by atoms with Crippen LogP contribution in [0.5, 0.6) is 5.75 Å². The van der Waals surface area contributed by atoms with Crippen LogP contribution >= 0.6 is 11.6 Å². The summed E-state index contributed by atoms with van der Waals surface area (Å²) in [5, 5.41) is 2.72. The van der Waals surface area contributed by atoms with Crippen LogP contribution in [0.1, 0.15) is 51.0 Å². The lowest BCUT2D eigenvalue weighted by Crippen LogP contribution is -2.40. The van der Waals surface area contributed by atoms with Crippen molar-refractivity contribution in [2.45, 2.75) is 71.4 Å². The van der Waals surface area contributed by atoms with E-state index in [1.807, 2.05) is 6.92 Å². The van der Waals surface area contributed by atoms with Crippen molar-refractivity contribution in [3.63, 3.8) is 0 Å². The zero-order valence-corrected chi connectivity index (χ0v) is 20.4. The highest BCUT2D eigenvalue weighted by Crippen LogP contribution is 2.22. The van der Waals surface area contributed by atoms with Crippen LogP contribution in [0, 0.1) is 0 Å². The highest BCUT2D eigenvalue weighted by Gasteiger charge is 2.30. The third kappa shape index (κ3) is 7.36. The SMILES string of the molecule is CCCCCn1c(=O)n(CCCCC(=O)NCc2ccc(OC(F)(F)F)cc2)c(=O)c2[nH]c(Cl)nc21. The molecule has 0 spiro atoms. The summed E-state index contributed by atoms with van der Waals surface area (Å²) in [7, 11) is 0. The number of ether oxygens (including phenoxy) is 1. The van der Waals surface area contributed by atoms with Gasteiger partial charge < -0.3 is 15.0 Å². The Morgan fingerprint density at radius 1 is 1.08 bits per heavy atom. The zero-order chi connectivity index (χ0) is 26.3. The number of aryl methyl sites for hydroxylation is 1. The number of hydrogen-bond donors (Lipinski definition) is 2. The summed E-state index contributed by atoms with van der Waals surface area (Å²) in [6, 6.07) is 5.20. The molecule has 9 nitrogen and oxygen atoms in total. The molecule has 0 bridgehead atoms. The van der Waals surface area contributed by atoms with E-state index >= 15 is 0 Å². The maximum absolute atomic E-state index is 13.0. The number of nitrogens with zero attached hydrogens (tertiary/aromatic N) is 3. The van der Waals surface area contributed by atoms with Gasteiger partial charge in [0, 0.05) is 26.1 Å². The summed E-state index contributed by atoms with van der Waals surface area (Å²) < 4.78 is 43.1. The maximum Gasteiger partial charge on any atom is 0.573 e. The van der Waals surface area contributed by atoms with Crippen LogP contribution in [0.2, 0.25) is 5.28 Å². The molecule has 0 radical (unpaired) electrons. The number of alkyl halides is 3. The average molecular weight is 530 g/mol. The van der Waals surface area contributed by atoms with Crippen molar-refractivity contribution in [2.24, 2.45) is 0 Å². The Bertz CT molecular complexity index is 1300.